The summed E-state index contributed by atoms with van der Waals surface area (Å²) in [5, 5.41) is 9.24. The number of rotatable bonds is 0. The molecule has 0 fully saturated rings. The fourth-order valence-corrected chi connectivity index (χ4v) is 0.272. The fraction of sp³-hybridized carbons (Fsp3) is 0. The van der Waals surface area contributed by atoms with Gasteiger partial charge in [-0.05, 0) is 29.6 Å². The van der Waals surface area contributed by atoms with Gasteiger partial charge in [-0.3, -0.25) is 0 Å². The van der Waals surface area contributed by atoms with Crippen LogP contribution in [0.2, 0.25) is 0 Å². The molecule has 0 aliphatic rings. The first kappa shape index (κ1) is 9.24. The summed E-state index contributed by atoms with van der Waals surface area (Å²) < 4.78 is 0. The van der Waals surface area contributed by atoms with E-state index in [1.54, 1.807) is 0 Å². The van der Waals surface area contributed by atoms with E-state index in [1.165, 1.54) is 5.37 Å². The van der Waals surface area contributed by atoms with Gasteiger partial charge in [0, 0.05) is 5.92 Å². The lowest BCUT2D eigenvalue weighted by Crippen LogP contribution is -1.85. The van der Waals surface area contributed by atoms with Crippen molar-refractivity contribution in [3.8, 4) is 35.5 Å². The third-order valence-electron chi connectivity index (χ3n) is 0.488. The molecular formula is C8H2O2S. The van der Waals surface area contributed by atoms with Crippen molar-refractivity contribution in [3.63, 3.8) is 0 Å². The second kappa shape index (κ2) is 6.36. The second-order valence-electron chi connectivity index (χ2n) is 1.19. The van der Waals surface area contributed by atoms with E-state index < -0.39 is 5.97 Å². The van der Waals surface area contributed by atoms with Gasteiger partial charge in [0.1, 0.15) is 0 Å². The van der Waals surface area contributed by atoms with Crippen LogP contribution in [0.5, 0.6) is 0 Å². The largest absolute Gasteiger partial charge is 0.472 e. The van der Waals surface area contributed by atoms with Crippen molar-refractivity contribution in [2.45, 2.75) is 0 Å². The number of thiocarbonyl (C=S) groups is 1. The molecule has 0 heterocycles. The summed E-state index contributed by atoms with van der Waals surface area (Å²) >= 11 is 4.38. The van der Waals surface area contributed by atoms with Gasteiger partial charge in [0.25, 0.3) is 0 Å². The molecule has 0 aliphatic carbocycles. The quantitative estimate of drug-likeness (QED) is 0.405. The highest BCUT2D eigenvalue weighted by Crippen LogP contribution is 1.56. The fourth-order valence-electron chi connectivity index (χ4n) is 0.213. The molecule has 1 N–H and O–H groups in total. The molecule has 0 saturated heterocycles. The summed E-state index contributed by atoms with van der Waals surface area (Å²) in [5.41, 5.74) is 0. The Bertz CT molecular complexity index is 335. The Hall–Kier alpha value is -1.76. The van der Waals surface area contributed by atoms with Crippen molar-refractivity contribution >= 4 is 23.6 Å². The molecule has 0 aromatic rings. The third kappa shape index (κ3) is 8.24. The minimum Gasteiger partial charge on any atom is -0.472 e. The van der Waals surface area contributed by atoms with Crippen molar-refractivity contribution in [2.24, 2.45) is 0 Å². The summed E-state index contributed by atoms with van der Waals surface area (Å²) in [5.74, 6) is 11.9. The van der Waals surface area contributed by atoms with E-state index in [2.05, 4.69) is 41.8 Å². The average Bonchev–Trinajstić information content (AvgIpc) is 1.96. The molecule has 0 spiro atoms. The lowest BCUT2D eigenvalue weighted by molar-refractivity contribution is -0.130. The van der Waals surface area contributed by atoms with Crippen LogP contribution in [0.4, 0.5) is 0 Å². The van der Waals surface area contributed by atoms with Crippen LogP contribution in [0.1, 0.15) is 0 Å². The van der Waals surface area contributed by atoms with Crippen molar-refractivity contribution < 1.29 is 9.90 Å². The third-order valence-corrected chi connectivity index (χ3v) is 0.606. The minimum atomic E-state index is -1.21. The molecule has 0 unspecified atom stereocenters. The molecule has 0 aromatic heterocycles. The Balaban J connectivity index is 4.04. The van der Waals surface area contributed by atoms with Gasteiger partial charge in [-0.25, -0.2) is 4.79 Å². The zero-order valence-electron chi connectivity index (χ0n) is 5.34. The molecule has 3 heteroatoms. The van der Waals surface area contributed by atoms with E-state index in [-0.39, 0.29) is 0 Å². The van der Waals surface area contributed by atoms with Gasteiger partial charge in [0.15, 0.2) is 0 Å². The number of carboxylic acids is 1. The monoisotopic (exact) mass is 162 g/mol. The first-order valence-corrected chi connectivity index (χ1v) is 2.92. The van der Waals surface area contributed by atoms with Crippen LogP contribution in [-0.4, -0.2) is 16.4 Å². The summed E-state index contributed by atoms with van der Waals surface area (Å²) in [6.07, 6.45) is 0. The van der Waals surface area contributed by atoms with E-state index in [0.29, 0.717) is 0 Å². The number of carbonyl (C=O) groups is 1. The Morgan fingerprint density at radius 2 is 1.91 bits per heavy atom. The smallest absolute Gasteiger partial charge is 0.382 e. The lowest BCUT2D eigenvalue weighted by Gasteiger charge is -1.63. The normalized spacial score (nSPS) is 5.09. The maximum Gasteiger partial charge on any atom is 0.382 e. The van der Waals surface area contributed by atoms with Gasteiger partial charge in [-0.1, -0.05) is 12.2 Å². The van der Waals surface area contributed by atoms with Gasteiger partial charge in [0.2, 0.25) is 0 Å². The summed E-state index contributed by atoms with van der Waals surface area (Å²) in [4.78, 5) is 9.79. The van der Waals surface area contributed by atoms with Crippen molar-refractivity contribution in [1.29, 1.82) is 0 Å². The molecule has 0 radical (unpaired) electrons. The highest BCUT2D eigenvalue weighted by molar-refractivity contribution is 7.79. The van der Waals surface area contributed by atoms with E-state index >= 15 is 0 Å². The highest BCUT2D eigenvalue weighted by Gasteiger charge is 1.78. The molecule has 0 aromatic carbocycles. The molecular weight excluding hydrogens is 160 g/mol. The van der Waals surface area contributed by atoms with Crippen molar-refractivity contribution in [1.82, 2.24) is 0 Å². The molecule has 52 valence electrons. The van der Waals surface area contributed by atoms with Crippen LogP contribution < -0.4 is 0 Å². The summed E-state index contributed by atoms with van der Waals surface area (Å²) in [6, 6.07) is 0. The average molecular weight is 162 g/mol. The van der Waals surface area contributed by atoms with Gasteiger partial charge < -0.3 is 5.11 Å². The van der Waals surface area contributed by atoms with Crippen LogP contribution >= 0.6 is 12.2 Å². The van der Waals surface area contributed by atoms with Crippen LogP contribution in [0, 0.1) is 35.5 Å². The lowest BCUT2D eigenvalue weighted by atomic mass is 10.5. The standard InChI is InChI=1S/C8H2O2S/c9-8(10)6-4-2-1-3-5-7-11/h7H,(H,9,10). The van der Waals surface area contributed by atoms with Crippen LogP contribution in [0.25, 0.3) is 0 Å². The van der Waals surface area contributed by atoms with E-state index in [4.69, 9.17) is 5.11 Å². The Morgan fingerprint density at radius 1 is 1.27 bits per heavy atom. The first-order chi connectivity index (χ1) is 5.27. The number of carboxylic acid groups (broad SMARTS) is 1. The highest BCUT2D eigenvalue weighted by atomic mass is 32.1. The topological polar surface area (TPSA) is 37.3 Å². The van der Waals surface area contributed by atoms with E-state index in [9.17, 15) is 4.79 Å². The number of hydrogen-bond donors (Lipinski definition) is 1. The first-order valence-electron chi connectivity index (χ1n) is 2.45. The van der Waals surface area contributed by atoms with Crippen LogP contribution in [0.15, 0.2) is 0 Å². The maximum absolute atomic E-state index is 9.79. The molecule has 0 saturated carbocycles. The van der Waals surface area contributed by atoms with Gasteiger partial charge in [-0.2, -0.15) is 0 Å². The Labute approximate surface area is 69.6 Å². The van der Waals surface area contributed by atoms with Gasteiger partial charge in [0.05, 0.1) is 5.37 Å². The predicted molar refractivity (Wildman–Crippen MR) is 44.6 cm³/mol. The molecule has 0 atom stereocenters. The molecule has 0 aliphatic heterocycles. The molecule has 0 bridgehead atoms. The molecule has 2 nitrogen and oxygen atoms in total. The van der Waals surface area contributed by atoms with Crippen LogP contribution in [-0.2, 0) is 4.79 Å². The Morgan fingerprint density at radius 3 is 2.45 bits per heavy atom. The SMILES string of the molecule is O=C(O)C#CC#CC#CC=S. The summed E-state index contributed by atoms with van der Waals surface area (Å²) in [6.45, 7) is 0. The molecule has 0 amide bonds. The summed E-state index contributed by atoms with van der Waals surface area (Å²) in [7, 11) is 0. The number of aliphatic carboxylic acids is 1. The van der Waals surface area contributed by atoms with Crippen molar-refractivity contribution in [2.75, 3.05) is 0 Å². The predicted octanol–water partition coefficient (Wildman–Crippen LogP) is 0.0809. The zero-order valence-corrected chi connectivity index (χ0v) is 6.16. The minimum absolute atomic E-state index is 1.21. The Kier molecular flexibility index (Phi) is 5.34. The van der Waals surface area contributed by atoms with Crippen molar-refractivity contribution in [3.05, 3.63) is 0 Å². The van der Waals surface area contributed by atoms with Crippen LogP contribution in [0.3, 0.4) is 0 Å². The maximum atomic E-state index is 9.79. The zero-order chi connectivity index (χ0) is 8.53. The van der Waals surface area contributed by atoms with E-state index in [0.717, 1.165) is 0 Å². The van der Waals surface area contributed by atoms with Gasteiger partial charge in [-0.15, -0.1) is 0 Å². The second-order valence-corrected chi connectivity index (χ2v) is 1.43. The van der Waals surface area contributed by atoms with Gasteiger partial charge >= 0.3 is 5.97 Å². The van der Waals surface area contributed by atoms with E-state index in [1.807, 2.05) is 5.92 Å². The molecule has 11 heavy (non-hydrogen) atoms. The molecule has 0 rings (SSSR count). The number of hydrogen-bond acceptors (Lipinski definition) is 2.